The molecule has 0 spiro atoms. The Morgan fingerprint density at radius 1 is 0.500 bits per heavy atom. The van der Waals surface area contributed by atoms with Crippen LogP contribution in [0.25, 0.3) is 0 Å². The van der Waals surface area contributed by atoms with E-state index in [0.29, 0.717) is 0 Å². The summed E-state index contributed by atoms with van der Waals surface area (Å²) in [4.78, 5) is 0. The van der Waals surface area contributed by atoms with E-state index in [2.05, 4.69) is 19.6 Å². The van der Waals surface area contributed by atoms with Gasteiger partial charge in [-0.3, -0.25) is 0 Å². The number of thiol groups is 1. The Morgan fingerprint density at radius 3 is 1.06 bits per heavy atom. The predicted octanol–water partition coefficient (Wildman–Crippen LogP) is 3.40. The van der Waals surface area contributed by atoms with E-state index >= 15 is 0 Å². The zero-order valence-electron chi connectivity index (χ0n) is 13.1. The van der Waals surface area contributed by atoms with Gasteiger partial charge in [-0.2, -0.15) is 12.6 Å². The van der Waals surface area contributed by atoms with Crippen molar-refractivity contribution in [1.82, 2.24) is 0 Å². The van der Waals surface area contributed by atoms with Crippen LogP contribution in [0.3, 0.4) is 0 Å². The molecule has 0 unspecified atom stereocenters. The number of hydrogen-bond donors (Lipinski definition) is 1. The molecule has 0 radical (unpaired) electrons. The summed E-state index contributed by atoms with van der Waals surface area (Å²) in [6.45, 7) is 2.29. The van der Waals surface area contributed by atoms with E-state index in [1.54, 1.807) is 0 Å². The molecule has 18 heavy (non-hydrogen) atoms. The molecule has 0 saturated heterocycles. The van der Waals surface area contributed by atoms with Crippen molar-refractivity contribution < 1.29 is 51.4 Å². The van der Waals surface area contributed by atoms with Gasteiger partial charge in [-0.05, 0) is 12.2 Å². The molecule has 0 atom stereocenters. The molecule has 0 heterocycles. The van der Waals surface area contributed by atoms with Gasteiger partial charge in [0.05, 0.1) is 0 Å². The van der Waals surface area contributed by atoms with E-state index in [1.165, 1.54) is 89.9 Å². The maximum absolute atomic E-state index is 4.23. The Balaban J connectivity index is 0. The minimum atomic E-state index is 0. The van der Waals surface area contributed by atoms with Crippen LogP contribution in [0.15, 0.2) is 0 Å². The van der Waals surface area contributed by atoms with Crippen LogP contribution < -0.4 is 51.4 Å². The molecule has 0 rings (SSSR count). The van der Waals surface area contributed by atoms with Crippen molar-refractivity contribution in [1.29, 1.82) is 0 Å². The molecule has 104 valence electrons. The molecule has 0 amide bonds. The summed E-state index contributed by atoms with van der Waals surface area (Å²) in [6.07, 6.45) is 20.1. The summed E-state index contributed by atoms with van der Waals surface area (Å²) in [7, 11) is 0. The van der Waals surface area contributed by atoms with Gasteiger partial charge < -0.3 is 0 Å². The number of unbranched alkanes of at least 4 members (excludes halogenated alkanes) is 13. The second-order valence-corrected chi connectivity index (χ2v) is 5.77. The van der Waals surface area contributed by atoms with Gasteiger partial charge in [-0.25, -0.2) is 0 Å². The van der Waals surface area contributed by atoms with E-state index in [-0.39, 0.29) is 51.4 Å². The van der Waals surface area contributed by atoms with Gasteiger partial charge in [0.2, 0.25) is 0 Å². The Bertz CT molecular complexity index is 114. The second kappa shape index (κ2) is 21.3. The van der Waals surface area contributed by atoms with Crippen LogP contribution in [0.5, 0.6) is 0 Å². The van der Waals surface area contributed by atoms with Crippen molar-refractivity contribution in [3.63, 3.8) is 0 Å². The van der Waals surface area contributed by atoms with Crippen molar-refractivity contribution in [2.45, 2.75) is 96.8 Å². The van der Waals surface area contributed by atoms with E-state index in [4.69, 9.17) is 0 Å². The van der Waals surface area contributed by atoms with Crippen molar-refractivity contribution in [2.24, 2.45) is 0 Å². The molecule has 0 aliphatic carbocycles. The normalized spacial score (nSPS) is 10.3. The van der Waals surface area contributed by atoms with Crippen molar-refractivity contribution in [3.05, 3.63) is 0 Å². The monoisotopic (exact) mass is 297 g/mol. The fourth-order valence-electron chi connectivity index (χ4n) is 2.31. The molecule has 0 aromatic rings. The minimum absolute atomic E-state index is 0. The van der Waals surface area contributed by atoms with Crippen LogP contribution in [0.2, 0.25) is 0 Å². The maximum atomic E-state index is 4.23. The first kappa shape index (κ1) is 22.3. The Kier molecular flexibility index (Phi) is 26.3. The average molecular weight is 298 g/mol. The molecule has 0 aromatic carbocycles. The van der Waals surface area contributed by atoms with Gasteiger partial charge in [-0.15, -0.1) is 0 Å². The van der Waals surface area contributed by atoms with Crippen LogP contribution in [-0.4, -0.2) is 5.75 Å². The van der Waals surface area contributed by atoms with Crippen molar-refractivity contribution in [3.8, 4) is 0 Å². The average Bonchev–Trinajstić information content (AvgIpc) is 2.35. The van der Waals surface area contributed by atoms with E-state index in [1.807, 2.05) is 0 Å². The standard InChI is InChI=1S/C16H34S.K/c1-2-3-4-5-6-7-8-9-10-11-12-13-14-15-16-17;/h17H,2-16H2,1H3;/q;+1. The Hall–Kier alpha value is 1.99. The Labute approximate surface area is 164 Å². The Morgan fingerprint density at radius 2 is 0.778 bits per heavy atom. The van der Waals surface area contributed by atoms with Gasteiger partial charge in [-0.1, -0.05) is 90.4 Å². The quantitative estimate of drug-likeness (QED) is 0.283. The first-order valence-corrected chi connectivity index (χ1v) is 8.66. The zero-order chi connectivity index (χ0) is 12.6. The van der Waals surface area contributed by atoms with Crippen LogP contribution in [0.1, 0.15) is 96.8 Å². The van der Waals surface area contributed by atoms with Gasteiger partial charge in [0.15, 0.2) is 0 Å². The van der Waals surface area contributed by atoms with E-state index in [0.717, 1.165) is 5.75 Å². The summed E-state index contributed by atoms with van der Waals surface area (Å²) in [5, 5.41) is 0. The first-order chi connectivity index (χ1) is 8.41. The summed E-state index contributed by atoms with van der Waals surface area (Å²) in [5.74, 6) is 1.07. The smallest absolute Gasteiger partial charge is 0.179 e. The van der Waals surface area contributed by atoms with Crippen LogP contribution in [0.4, 0.5) is 0 Å². The van der Waals surface area contributed by atoms with Crippen LogP contribution in [0, 0.1) is 0 Å². The molecule has 0 aliphatic heterocycles. The summed E-state index contributed by atoms with van der Waals surface area (Å²) in [5.41, 5.74) is 0. The minimum Gasteiger partial charge on any atom is -0.179 e. The van der Waals surface area contributed by atoms with E-state index in [9.17, 15) is 0 Å². The molecule has 0 bridgehead atoms. The molecule has 0 nitrogen and oxygen atoms in total. The third-order valence-corrected chi connectivity index (χ3v) is 3.83. The molecule has 2 heteroatoms. The van der Waals surface area contributed by atoms with E-state index < -0.39 is 0 Å². The predicted molar refractivity (Wildman–Crippen MR) is 84.2 cm³/mol. The molecule has 0 N–H and O–H groups in total. The summed E-state index contributed by atoms with van der Waals surface area (Å²) >= 11 is 4.23. The van der Waals surface area contributed by atoms with Crippen LogP contribution in [-0.2, 0) is 0 Å². The molecule has 0 saturated carbocycles. The topological polar surface area (TPSA) is 0 Å². The van der Waals surface area contributed by atoms with Crippen molar-refractivity contribution >= 4 is 12.6 Å². The maximum Gasteiger partial charge on any atom is 1.00 e. The molecule has 0 aliphatic rings. The zero-order valence-corrected chi connectivity index (χ0v) is 17.1. The van der Waals surface area contributed by atoms with Gasteiger partial charge in [0.1, 0.15) is 0 Å². The number of hydrogen-bond acceptors (Lipinski definition) is 1. The van der Waals surface area contributed by atoms with Crippen molar-refractivity contribution in [2.75, 3.05) is 5.75 Å². The SMILES string of the molecule is CCCCCCCCCCCCCCCCS.[K+]. The molecular formula is C16H34KS+. The number of rotatable bonds is 14. The van der Waals surface area contributed by atoms with Gasteiger partial charge >= 0.3 is 51.4 Å². The summed E-state index contributed by atoms with van der Waals surface area (Å²) < 4.78 is 0. The van der Waals surface area contributed by atoms with Gasteiger partial charge in [0.25, 0.3) is 0 Å². The fourth-order valence-corrected chi connectivity index (χ4v) is 2.53. The third kappa shape index (κ3) is 20.3. The molecule has 0 aromatic heterocycles. The molecular weight excluding hydrogens is 263 g/mol. The summed E-state index contributed by atoms with van der Waals surface area (Å²) in [6, 6.07) is 0. The first-order valence-electron chi connectivity index (χ1n) is 8.02. The third-order valence-electron chi connectivity index (χ3n) is 3.51. The fraction of sp³-hybridized carbons (Fsp3) is 1.00. The van der Waals surface area contributed by atoms with Gasteiger partial charge in [0, 0.05) is 0 Å². The second-order valence-electron chi connectivity index (χ2n) is 5.32. The molecule has 0 fully saturated rings. The largest absolute Gasteiger partial charge is 1.00 e. The van der Waals surface area contributed by atoms with Crippen LogP contribution >= 0.6 is 12.6 Å².